The van der Waals surface area contributed by atoms with Gasteiger partial charge in [0.05, 0.1) is 12.3 Å². The van der Waals surface area contributed by atoms with Crippen LogP contribution in [0.1, 0.15) is 49.2 Å². The predicted molar refractivity (Wildman–Crippen MR) is 100 cm³/mol. The van der Waals surface area contributed by atoms with Gasteiger partial charge in [0.15, 0.2) is 11.6 Å². The van der Waals surface area contributed by atoms with Crippen molar-refractivity contribution >= 4 is 0 Å². The second kappa shape index (κ2) is 6.56. The van der Waals surface area contributed by atoms with Crippen molar-refractivity contribution in [1.82, 2.24) is 29.9 Å². The summed E-state index contributed by atoms with van der Waals surface area (Å²) in [6, 6.07) is 6.39. The molecule has 3 heterocycles. The number of rotatable bonds is 4. The zero-order valence-corrected chi connectivity index (χ0v) is 15.7. The van der Waals surface area contributed by atoms with Gasteiger partial charge in [-0.2, -0.15) is 5.10 Å². The third-order valence-electron chi connectivity index (χ3n) is 6.02. The Labute approximate surface area is 158 Å². The monoisotopic (exact) mass is 364 g/mol. The van der Waals surface area contributed by atoms with Gasteiger partial charge >= 0.3 is 0 Å². The molecule has 27 heavy (non-hydrogen) atoms. The first kappa shape index (κ1) is 16.6. The Balaban J connectivity index is 1.68. The van der Waals surface area contributed by atoms with Crippen molar-refractivity contribution in [2.24, 2.45) is 11.8 Å². The van der Waals surface area contributed by atoms with Crippen LogP contribution in [-0.4, -0.2) is 36.6 Å². The fourth-order valence-corrected chi connectivity index (χ4v) is 4.68. The molecule has 3 atom stereocenters. The van der Waals surface area contributed by atoms with E-state index in [0.717, 1.165) is 24.5 Å². The van der Waals surface area contributed by atoms with Gasteiger partial charge in [0.25, 0.3) is 0 Å². The maximum atomic E-state index is 6.24. The number of ether oxygens (including phenoxy) is 1. The number of para-hydroxylation sites is 1. The van der Waals surface area contributed by atoms with Crippen LogP contribution in [0.15, 0.2) is 24.5 Å². The highest BCUT2D eigenvalue weighted by Gasteiger charge is 2.43. The van der Waals surface area contributed by atoms with Crippen LogP contribution in [0.25, 0.3) is 17.3 Å². The Morgan fingerprint density at radius 3 is 3.04 bits per heavy atom. The van der Waals surface area contributed by atoms with E-state index in [2.05, 4.69) is 47.2 Å². The number of nitrogens with one attached hydrogen (secondary N) is 1. The van der Waals surface area contributed by atoms with E-state index in [-0.39, 0.29) is 6.10 Å². The minimum atomic E-state index is -0.00835. The van der Waals surface area contributed by atoms with Crippen LogP contribution in [0.3, 0.4) is 0 Å². The average Bonchev–Trinajstić information content (AvgIpc) is 3.43. The Morgan fingerprint density at radius 2 is 2.22 bits per heavy atom. The van der Waals surface area contributed by atoms with Gasteiger partial charge in [0.2, 0.25) is 5.82 Å². The number of aromatic nitrogens is 6. The fourth-order valence-electron chi connectivity index (χ4n) is 4.68. The molecule has 5 rings (SSSR count). The van der Waals surface area contributed by atoms with Crippen molar-refractivity contribution in [1.29, 1.82) is 0 Å². The van der Waals surface area contributed by atoms with E-state index in [1.807, 2.05) is 4.68 Å². The van der Waals surface area contributed by atoms with Crippen molar-refractivity contribution in [3.05, 3.63) is 41.5 Å². The van der Waals surface area contributed by atoms with Crippen molar-refractivity contribution in [3.63, 3.8) is 0 Å². The highest BCUT2D eigenvalue weighted by Crippen LogP contribution is 2.47. The summed E-state index contributed by atoms with van der Waals surface area (Å²) in [7, 11) is 0. The lowest BCUT2D eigenvalue weighted by molar-refractivity contribution is 0.0771. The zero-order valence-electron chi connectivity index (χ0n) is 15.7. The molecule has 1 aliphatic carbocycles. The van der Waals surface area contributed by atoms with E-state index in [9.17, 15) is 0 Å². The normalized spacial score (nSPS) is 24.4. The van der Waals surface area contributed by atoms with Crippen LogP contribution in [0, 0.1) is 18.8 Å². The molecular weight excluding hydrogens is 340 g/mol. The highest BCUT2D eigenvalue weighted by atomic mass is 16.5. The molecule has 1 aliphatic heterocycles. The summed E-state index contributed by atoms with van der Waals surface area (Å²) >= 11 is 0. The standard InChI is InChI=1S/C20H24N6O/c1-3-13-7-4-6-12(2)16(13)26-20(17-15-9-5-8-14(15)10-27-17)23-19(25-26)18-21-11-22-24-18/h4,6-7,11,14-15,17H,3,5,8-10H2,1-2H3,(H,21,22,24)/t14-,15-,17+/m0/s1. The highest BCUT2D eigenvalue weighted by molar-refractivity contribution is 5.50. The Kier molecular flexibility index (Phi) is 4.04. The number of aromatic amines is 1. The van der Waals surface area contributed by atoms with Crippen LogP contribution < -0.4 is 0 Å². The van der Waals surface area contributed by atoms with Gasteiger partial charge in [-0.1, -0.05) is 31.5 Å². The average molecular weight is 364 g/mol. The maximum Gasteiger partial charge on any atom is 0.219 e. The first-order valence-electron chi connectivity index (χ1n) is 9.79. The molecule has 0 radical (unpaired) electrons. The largest absolute Gasteiger partial charge is 0.370 e. The molecule has 2 fully saturated rings. The van der Waals surface area contributed by atoms with Crippen LogP contribution in [0.5, 0.6) is 0 Å². The smallest absolute Gasteiger partial charge is 0.219 e. The third-order valence-corrected chi connectivity index (χ3v) is 6.02. The second-order valence-electron chi connectivity index (χ2n) is 7.58. The van der Waals surface area contributed by atoms with Gasteiger partial charge in [0.1, 0.15) is 12.4 Å². The van der Waals surface area contributed by atoms with Crippen molar-refractivity contribution in [2.75, 3.05) is 6.61 Å². The molecule has 7 heteroatoms. The lowest BCUT2D eigenvalue weighted by Crippen LogP contribution is -2.16. The van der Waals surface area contributed by atoms with E-state index >= 15 is 0 Å². The van der Waals surface area contributed by atoms with Crippen molar-refractivity contribution in [2.45, 2.75) is 45.6 Å². The molecule has 140 valence electrons. The van der Waals surface area contributed by atoms with Crippen LogP contribution in [0.4, 0.5) is 0 Å². The summed E-state index contributed by atoms with van der Waals surface area (Å²) in [4.78, 5) is 9.13. The molecule has 2 aliphatic rings. The summed E-state index contributed by atoms with van der Waals surface area (Å²) in [5.74, 6) is 3.22. The van der Waals surface area contributed by atoms with Gasteiger partial charge < -0.3 is 4.74 Å². The number of benzene rings is 1. The molecule has 0 amide bonds. The number of hydrogen-bond acceptors (Lipinski definition) is 5. The van der Waals surface area contributed by atoms with Gasteiger partial charge in [-0.3, -0.25) is 5.10 Å². The Bertz CT molecular complexity index is 948. The molecule has 1 saturated carbocycles. The molecule has 1 N–H and O–H groups in total. The van der Waals surface area contributed by atoms with E-state index < -0.39 is 0 Å². The van der Waals surface area contributed by atoms with Crippen LogP contribution >= 0.6 is 0 Å². The maximum absolute atomic E-state index is 6.24. The molecule has 0 unspecified atom stereocenters. The zero-order chi connectivity index (χ0) is 18.4. The van der Waals surface area contributed by atoms with Gasteiger partial charge in [-0.25, -0.2) is 14.6 Å². The van der Waals surface area contributed by atoms with E-state index in [4.69, 9.17) is 14.8 Å². The molecule has 0 spiro atoms. The molecule has 3 aromatic rings. The van der Waals surface area contributed by atoms with Gasteiger partial charge in [-0.15, -0.1) is 5.10 Å². The fraction of sp³-hybridized carbons (Fsp3) is 0.500. The van der Waals surface area contributed by atoms with E-state index in [1.54, 1.807) is 0 Å². The number of H-pyrrole nitrogens is 1. The quantitative estimate of drug-likeness (QED) is 0.767. The molecule has 7 nitrogen and oxygen atoms in total. The minimum absolute atomic E-state index is 0.00835. The van der Waals surface area contributed by atoms with Gasteiger partial charge in [0, 0.05) is 0 Å². The lowest BCUT2D eigenvalue weighted by Gasteiger charge is -2.19. The summed E-state index contributed by atoms with van der Waals surface area (Å²) < 4.78 is 8.24. The molecule has 2 aromatic heterocycles. The lowest BCUT2D eigenvalue weighted by atomic mass is 9.94. The van der Waals surface area contributed by atoms with E-state index in [1.165, 1.54) is 36.7 Å². The number of hydrogen-bond donors (Lipinski definition) is 1. The van der Waals surface area contributed by atoms with E-state index in [0.29, 0.717) is 23.5 Å². The third kappa shape index (κ3) is 2.68. The SMILES string of the molecule is CCc1cccc(C)c1-n1nc(-c2ncn[nH]2)nc1[C@@H]1OC[C@@H]2CCC[C@@H]21. The van der Waals surface area contributed by atoms with Crippen molar-refractivity contribution in [3.8, 4) is 17.3 Å². The van der Waals surface area contributed by atoms with Gasteiger partial charge in [-0.05, 0) is 49.1 Å². The number of fused-ring (bicyclic) bond motifs is 1. The summed E-state index contributed by atoms with van der Waals surface area (Å²) in [5.41, 5.74) is 3.55. The first-order chi connectivity index (χ1) is 13.3. The van der Waals surface area contributed by atoms with Crippen LogP contribution in [0.2, 0.25) is 0 Å². The summed E-state index contributed by atoms with van der Waals surface area (Å²) in [6.45, 7) is 5.13. The van der Waals surface area contributed by atoms with Crippen LogP contribution in [-0.2, 0) is 11.2 Å². The summed E-state index contributed by atoms with van der Waals surface area (Å²) in [6.07, 6.45) is 6.16. The van der Waals surface area contributed by atoms with Crippen molar-refractivity contribution < 1.29 is 4.74 Å². The summed E-state index contributed by atoms with van der Waals surface area (Å²) in [5, 5.41) is 11.7. The Hall–Kier alpha value is -2.54. The molecular formula is C20H24N6O. The topological polar surface area (TPSA) is 81.5 Å². The second-order valence-corrected chi connectivity index (χ2v) is 7.58. The molecule has 1 aromatic carbocycles. The first-order valence-corrected chi connectivity index (χ1v) is 9.79. The minimum Gasteiger partial charge on any atom is -0.370 e. The predicted octanol–water partition coefficient (Wildman–Crippen LogP) is 3.41. The molecule has 1 saturated heterocycles. The number of nitrogens with zero attached hydrogens (tertiary/aromatic N) is 5. The Morgan fingerprint density at radius 1 is 1.30 bits per heavy atom. The molecule has 0 bridgehead atoms. The number of aryl methyl sites for hydroxylation is 2.